The second-order valence-electron chi connectivity index (χ2n) is 6.92. The molecule has 3 aromatic rings. The largest absolute Gasteiger partial charge is 0.495 e. The van der Waals surface area contributed by atoms with Crippen LogP contribution >= 0.6 is 0 Å². The first-order valence-electron chi connectivity index (χ1n) is 9.69. The van der Waals surface area contributed by atoms with Gasteiger partial charge < -0.3 is 14.2 Å². The number of ether oxygens (including phenoxy) is 3. The Morgan fingerprint density at radius 2 is 1.75 bits per heavy atom. The van der Waals surface area contributed by atoms with E-state index in [-0.39, 0.29) is 17.1 Å². The normalized spacial score (nSPS) is 12.8. The summed E-state index contributed by atoms with van der Waals surface area (Å²) in [5, 5.41) is 11.2. The molecule has 0 fully saturated rings. The Morgan fingerprint density at radius 3 is 2.50 bits per heavy atom. The molecule has 0 spiro atoms. The van der Waals surface area contributed by atoms with E-state index in [0.29, 0.717) is 41.7 Å². The fourth-order valence-electron chi connectivity index (χ4n) is 3.38. The number of non-ortho nitro benzene ring substituents is 1. The van der Waals surface area contributed by atoms with Crippen LogP contribution in [0, 0.1) is 10.1 Å². The Labute approximate surface area is 185 Å². The van der Waals surface area contributed by atoms with Crippen LogP contribution in [0.4, 0.5) is 11.4 Å². The van der Waals surface area contributed by atoms with Gasteiger partial charge in [0.25, 0.3) is 15.7 Å². The fourth-order valence-corrected chi connectivity index (χ4v) is 4.86. The van der Waals surface area contributed by atoms with Crippen molar-refractivity contribution < 1.29 is 27.6 Å². The molecule has 1 aliphatic heterocycles. The molecule has 1 aliphatic rings. The van der Waals surface area contributed by atoms with Gasteiger partial charge in [0.15, 0.2) is 11.5 Å². The third-order valence-corrected chi connectivity index (χ3v) is 6.66. The van der Waals surface area contributed by atoms with Crippen LogP contribution in [-0.4, -0.2) is 33.7 Å². The minimum Gasteiger partial charge on any atom is -0.495 e. The van der Waals surface area contributed by atoms with Crippen LogP contribution in [0.1, 0.15) is 5.56 Å². The molecule has 0 atom stereocenters. The molecule has 166 valence electrons. The summed E-state index contributed by atoms with van der Waals surface area (Å²) in [6.45, 7) is 0.568. The first-order chi connectivity index (χ1) is 15.4. The third-order valence-electron chi connectivity index (χ3n) is 4.90. The molecule has 0 N–H and O–H groups in total. The Balaban J connectivity index is 1.81. The van der Waals surface area contributed by atoms with Gasteiger partial charge in [0.1, 0.15) is 19.0 Å². The number of nitrogens with zero attached hydrogens (tertiary/aromatic N) is 2. The van der Waals surface area contributed by atoms with Crippen LogP contribution in [0.25, 0.3) is 0 Å². The molecule has 4 rings (SSSR count). The molecule has 3 aromatic carbocycles. The molecular formula is C22H20N2O7S. The Morgan fingerprint density at radius 1 is 1.00 bits per heavy atom. The number of para-hydroxylation sites is 2. The lowest BCUT2D eigenvalue weighted by Crippen LogP contribution is -2.31. The minimum atomic E-state index is -4.10. The molecule has 0 radical (unpaired) electrons. The summed E-state index contributed by atoms with van der Waals surface area (Å²) >= 11 is 0. The number of methoxy groups -OCH3 is 1. The molecule has 0 saturated carbocycles. The second kappa shape index (κ2) is 8.75. The zero-order valence-electron chi connectivity index (χ0n) is 17.1. The number of hydrogen-bond donors (Lipinski definition) is 0. The van der Waals surface area contributed by atoms with Crippen LogP contribution < -0.4 is 18.5 Å². The molecule has 32 heavy (non-hydrogen) atoms. The minimum absolute atomic E-state index is 0.00177. The molecule has 0 aliphatic carbocycles. The quantitative estimate of drug-likeness (QED) is 0.393. The number of benzene rings is 3. The highest BCUT2D eigenvalue weighted by molar-refractivity contribution is 7.92. The van der Waals surface area contributed by atoms with E-state index in [1.54, 1.807) is 36.4 Å². The number of hydrogen-bond acceptors (Lipinski definition) is 7. The van der Waals surface area contributed by atoms with E-state index in [0.717, 1.165) is 4.31 Å². The van der Waals surface area contributed by atoms with E-state index in [1.165, 1.54) is 37.4 Å². The maximum Gasteiger partial charge on any atom is 0.269 e. The van der Waals surface area contributed by atoms with Crippen molar-refractivity contribution in [2.75, 3.05) is 24.6 Å². The van der Waals surface area contributed by atoms with Crippen molar-refractivity contribution in [2.45, 2.75) is 11.4 Å². The third kappa shape index (κ3) is 4.17. The van der Waals surface area contributed by atoms with Crippen molar-refractivity contribution in [3.05, 3.63) is 82.4 Å². The standard InChI is InChI=1S/C22H20N2O7S/c1-29-20-8-3-2-7-19(20)23(15-16-5-4-6-17(13-16)24(25)26)32(27,28)18-9-10-21-22(14-18)31-12-11-30-21/h2-10,13-14H,11-12,15H2,1H3. The van der Waals surface area contributed by atoms with E-state index < -0.39 is 14.9 Å². The van der Waals surface area contributed by atoms with Crippen molar-refractivity contribution in [3.63, 3.8) is 0 Å². The molecule has 9 nitrogen and oxygen atoms in total. The Bertz CT molecular complexity index is 1260. The van der Waals surface area contributed by atoms with Gasteiger partial charge in [-0.1, -0.05) is 24.3 Å². The summed E-state index contributed by atoms with van der Waals surface area (Å²) in [6, 6.07) is 16.9. The number of sulfonamides is 1. The average molecular weight is 456 g/mol. The van der Waals surface area contributed by atoms with E-state index in [1.807, 2.05) is 0 Å². The molecule has 0 unspecified atom stereocenters. The van der Waals surface area contributed by atoms with Gasteiger partial charge in [0.05, 0.1) is 29.2 Å². The van der Waals surface area contributed by atoms with Crippen LogP contribution in [0.2, 0.25) is 0 Å². The number of rotatable bonds is 7. The van der Waals surface area contributed by atoms with E-state index in [9.17, 15) is 18.5 Å². The summed E-state index contributed by atoms with van der Waals surface area (Å²) in [6.07, 6.45) is 0. The van der Waals surface area contributed by atoms with Gasteiger partial charge >= 0.3 is 0 Å². The van der Waals surface area contributed by atoms with Gasteiger partial charge in [0, 0.05) is 18.2 Å². The van der Waals surface area contributed by atoms with Crippen LogP contribution in [-0.2, 0) is 16.6 Å². The lowest BCUT2D eigenvalue weighted by molar-refractivity contribution is -0.384. The molecule has 1 heterocycles. The van der Waals surface area contributed by atoms with Gasteiger partial charge in [-0.25, -0.2) is 8.42 Å². The molecular weight excluding hydrogens is 436 g/mol. The van der Waals surface area contributed by atoms with Crippen molar-refractivity contribution in [2.24, 2.45) is 0 Å². The molecule has 0 saturated heterocycles. The van der Waals surface area contributed by atoms with Gasteiger partial charge in [-0.15, -0.1) is 0 Å². The second-order valence-corrected chi connectivity index (χ2v) is 8.78. The van der Waals surface area contributed by atoms with Gasteiger partial charge in [0.2, 0.25) is 0 Å². The Hall–Kier alpha value is -3.79. The lowest BCUT2D eigenvalue weighted by Gasteiger charge is -2.27. The lowest BCUT2D eigenvalue weighted by atomic mass is 10.2. The number of anilines is 1. The van der Waals surface area contributed by atoms with Gasteiger partial charge in [-0.05, 0) is 29.8 Å². The monoisotopic (exact) mass is 456 g/mol. The topological polar surface area (TPSA) is 108 Å². The van der Waals surface area contributed by atoms with Gasteiger partial charge in [-0.2, -0.15) is 0 Å². The zero-order valence-corrected chi connectivity index (χ0v) is 17.9. The van der Waals surface area contributed by atoms with E-state index in [4.69, 9.17) is 14.2 Å². The summed E-state index contributed by atoms with van der Waals surface area (Å²) in [4.78, 5) is 10.7. The van der Waals surface area contributed by atoms with Crippen LogP contribution in [0.15, 0.2) is 71.6 Å². The number of fused-ring (bicyclic) bond motifs is 1. The van der Waals surface area contributed by atoms with Crippen molar-refractivity contribution in [1.29, 1.82) is 0 Å². The summed E-state index contributed by atoms with van der Waals surface area (Å²) in [5.74, 6) is 1.16. The number of nitro groups is 1. The average Bonchev–Trinajstić information content (AvgIpc) is 2.82. The predicted octanol–water partition coefficient (Wildman–Crippen LogP) is 3.77. The Kier molecular flexibility index (Phi) is 5.87. The predicted molar refractivity (Wildman–Crippen MR) is 117 cm³/mol. The molecule has 0 aromatic heterocycles. The molecule has 10 heteroatoms. The highest BCUT2D eigenvalue weighted by Crippen LogP contribution is 2.37. The fraction of sp³-hybridized carbons (Fsp3) is 0.182. The van der Waals surface area contributed by atoms with Crippen molar-refractivity contribution in [1.82, 2.24) is 0 Å². The maximum absolute atomic E-state index is 13.8. The number of nitro benzene ring substituents is 1. The highest BCUT2D eigenvalue weighted by atomic mass is 32.2. The van der Waals surface area contributed by atoms with Crippen LogP contribution in [0.3, 0.4) is 0 Å². The zero-order chi connectivity index (χ0) is 22.7. The first-order valence-corrected chi connectivity index (χ1v) is 11.1. The van der Waals surface area contributed by atoms with Crippen molar-refractivity contribution in [3.8, 4) is 17.2 Å². The summed E-state index contributed by atoms with van der Waals surface area (Å²) in [7, 11) is -2.66. The van der Waals surface area contributed by atoms with Gasteiger partial charge in [-0.3, -0.25) is 14.4 Å². The van der Waals surface area contributed by atoms with Crippen molar-refractivity contribution >= 4 is 21.4 Å². The SMILES string of the molecule is COc1ccccc1N(Cc1cccc([N+](=O)[O-])c1)S(=O)(=O)c1ccc2c(c1)OCCO2. The molecule has 0 bridgehead atoms. The van der Waals surface area contributed by atoms with E-state index >= 15 is 0 Å². The first kappa shape index (κ1) is 21.4. The molecule has 0 amide bonds. The van der Waals surface area contributed by atoms with E-state index in [2.05, 4.69) is 0 Å². The smallest absolute Gasteiger partial charge is 0.269 e. The summed E-state index contributed by atoms with van der Waals surface area (Å²) < 4.78 is 45.1. The highest BCUT2D eigenvalue weighted by Gasteiger charge is 2.29. The maximum atomic E-state index is 13.8. The summed E-state index contributed by atoms with van der Waals surface area (Å²) in [5.41, 5.74) is 0.627. The van der Waals surface area contributed by atoms with Crippen LogP contribution in [0.5, 0.6) is 17.2 Å².